The first-order valence-electron chi connectivity index (χ1n) is 7.14. The third-order valence-corrected chi connectivity index (χ3v) is 3.68. The molecule has 0 unspecified atom stereocenters. The molecule has 0 radical (unpaired) electrons. The lowest BCUT2D eigenvalue weighted by atomic mass is 10.1. The van der Waals surface area contributed by atoms with Gasteiger partial charge in [0.25, 0.3) is 0 Å². The van der Waals surface area contributed by atoms with E-state index in [1.165, 1.54) is 45.3 Å². The van der Waals surface area contributed by atoms with Gasteiger partial charge in [-0.05, 0) is 38.1 Å². The first kappa shape index (κ1) is 14.0. The van der Waals surface area contributed by atoms with Crippen molar-refractivity contribution in [2.24, 2.45) is 5.92 Å². The van der Waals surface area contributed by atoms with Gasteiger partial charge in [-0.1, -0.05) is 27.7 Å². The molecule has 1 fully saturated rings. The zero-order chi connectivity index (χ0) is 12.0. The van der Waals surface area contributed by atoms with Crippen LogP contribution in [0.1, 0.15) is 53.4 Å². The molecule has 2 nitrogen and oxygen atoms in total. The highest BCUT2D eigenvalue weighted by Crippen LogP contribution is 2.15. The minimum absolute atomic E-state index is 0.749. The standard InChI is InChI=1S/C14H30N2/c1-5-14(6-2)16(10-12(3)4)11-13-8-7-9-15-13/h12-15H,5-11H2,1-4H3/t13-/m0/s1. The molecule has 1 saturated heterocycles. The van der Waals surface area contributed by atoms with E-state index in [1.54, 1.807) is 0 Å². The van der Waals surface area contributed by atoms with Crippen molar-refractivity contribution in [3.8, 4) is 0 Å². The van der Waals surface area contributed by atoms with E-state index in [0.29, 0.717) is 0 Å². The van der Waals surface area contributed by atoms with Crippen LogP contribution in [0.25, 0.3) is 0 Å². The molecule has 16 heavy (non-hydrogen) atoms. The summed E-state index contributed by atoms with van der Waals surface area (Å²) in [5.74, 6) is 0.780. The van der Waals surface area contributed by atoms with Crippen molar-refractivity contribution in [1.82, 2.24) is 10.2 Å². The Bertz CT molecular complexity index is 170. The van der Waals surface area contributed by atoms with E-state index in [4.69, 9.17) is 0 Å². The zero-order valence-electron chi connectivity index (χ0n) is 11.6. The molecule has 0 saturated carbocycles. The molecule has 0 aromatic carbocycles. The molecule has 1 rings (SSSR count). The average Bonchev–Trinajstić information content (AvgIpc) is 2.71. The van der Waals surface area contributed by atoms with Gasteiger partial charge in [0, 0.05) is 25.2 Å². The molecule has 2 heteroatoms. The lowest BCUT2D eigenvalue weighted by molar-refractivity contribution is 0.152. The maximum absolute atomic E-state index is 3.62. The number of nitrogens with one attached hydrogen (secondary N) is 1. The molecule has 0 spiro atoms. The second kappa shape index (κ2) is 7.29. The maximum atomic E-state index is 3.62. The Kier molecular flexibility index (Phi) is 6.37. The van der Waals surface area contributed by atoms with Crippen LogP contribution in [0, 0.1) is 5.92 Å². The van der Waals surface area contributed by atoms with Gasteiger partial charge in [-0.25, -0.2) is 0 Å². The summed E-state index contributed by atoms with van der Waals surface area (Å²) in [6.07, 6.45) is 5.31. The molecule has 1 N–H and O–H groups in total. The van der Waals surface area contributed by atoms with Crippen LogP contribution in [0.4, 0.5) is 0 Å². The Hall–Kier alpha value is -0.0800. The molecule has 1 atom stereocenters. The number of hydrogen-bond donors (Lipinski definition) is 1. The third-order valence-electron chi connectivity index (χ3n) is 3.68. The van der Waals surface area contributed by atoms with Crippen LogP contribution < -0.4 is 5.32 Å². The van der Waals surface area contributed by atoms with Crippen molar-refractivity contribution in [2.45, 2.75) is 65.5 Å². The minimum atomic E-state index is 0.749. The molecule has 1 aliphatic rings. The summed E-state index contributed by atoms with van der Waals surface area (Å²) in [5.41, 5.74) is 0. The summed E-state index contributed by atoms with van der Waals surface area (Å²) in [6.45, 7) is 13.0. The van der Waals surface area contributed by atoms with Crippen LogP contribution in [0.15, 0.2) is 0 Å². The van der Waals surface area contributed by atoms with Crippen LogP contribution in [0.5, 0.6) is 0 Å². The van der Waals surface area contributed by atoms with E-state index < -0.39 is 0 Å². The highest BCUT2D eigenvalue weighted by molar-refractivity contribution is 4.81. The van der Waals surface area contributed by atoms with Gasteiger partial charge in [-0.15, -0.1) is 0 Å². The highest BCUT2D eigenvalue weighted by Gasteiger charge is 2.22. The normalized spacial score (nSPS) is 21.6. The van der Waals surface area contributed by atoms with E-state index >= 15 is 0 Å². The van der Waals surface area contributed by atoms with Crippen LogP contribution >= 0.6 is 0 Å². The van der Waals surface area contributed by atoms with Crippen molar-refractivity contribution in [3.63, 3.8) is 0 Å². The summed E-state index contributed by atoms with van der Waals surface area (Å²) >= 11 is 0. The van der Waals surface area contributed by atoms with Gasteiger partial charge in [0.1, 0.15) is 0 Å². The van der Waals surface area contributed by atoms with Crippen molar-refractivity contribution >= 4 is 0 Å². The predicted octanol–water partition coefficient (Wildman–Crippen LogP) is 2.89. The molecule has 96 valence electrons. The van der Waals surface area contributed by atoms with Crippen molar-refractivity contribution < 1.29 is 0 Å². The SMILES string of the molecule is CCC(CC)N(CC(C)C)C[C@@H]1CCCN1. The van der Waals surface area contributed by atoms with Crippen molar-refractivity contribution in [1.29, 1.82) is 0 Å². The van der Waals surface area contributed by atoms with E-state index in [-0.39, 0.29) is 0 Å². The molecule has 0 aromatic rings. The third kappa shape index (κ3) is 4.42. The number of rotatable bonds is 7. The Labute approximate surface area is 102 Å². The Balaban J connectivity index is 2.47. The van der Waals surface area contributed by atoms with Gasteiger partial charge in [-0.2, -0.15) is 0 Å². The Morgan fingerprint density at radius 1 is 1.25 bits per heavy atom. The summed E-state index contributed by atoms with van der Waals surface area (Å²) < 4.78 is 0. The monoisotopic (exact) mass is 226 g/mol. The Morgan fingerprint density at radius 3 is 2.38 bits per heavy atom. The zero-order valence-corrected chi connectivity index (χ0v) is 11.6. The fraction of sp³-hybridized carbons (Fsp3) is 1.00. The number of hydrogen-bond acceptors (Lipinski definition) is 2. The lowest BCUT2D eigenvalue weighted by Gasteiger charge is -2.34. The van der Waals surface area contributed by atoms with Crippen molar-refractivity contribution in [2.75, 3.05) is 19.6 Å². The molecule has 0 aliphatic carbocycles. The molecule has 0 aromatic heterocycles. The maximum Gasteiger partial charge on any atom is 0.0195 e. The second-order valence-corrected chi connectivity index (χ2v) is 5.61. The van der Waals surface area contributed by atoms with Crippen LogP contribution in [0.3, 0.4) is 0 Å². The highest BCUT2D eigenvalue weighted by atomic mass is 15.2. The van der Waals surface area contributed by atoms with Crippen LogP contribution in [-0.2, 0) is 0 Å². The topological polar surface area (TPSA) is 15.3 Å². The molecule has 1 aliphatic heterocycles. The Morgan fingerprint density at radius 2 is 1.94 bits per heavy atom. The van der Waals surface area contributed by atoms with Gasteiger partial charge in [0.05, 0.1) is 0 Å². The van der Waals surface area contributed by atoms with Gasteiger partial charge in [0.2, 0.25) is 0 Å². The van der Waals surface area contributed by atoms with E-state index in [9.17, 15) is 0 Å². The summed E-state index contributed by atoms with van der Waals surface area (Å²) in [6, 6.07) is 1.53. The molecule has 0 amide bonds. The quantitative estimate of drug-likeness (QED) is 0.718. The second-order valence-electron chi connectivity index (χ2n) is 5.61. The largest absolute Gasteiger partial charge is 0.313 e. The summed E-state index contributed by atoms with van der Waals surface area (Å²) in [4.78, 5) is 2.72. The van der Waals surface area contributed by atoms with Crippen LogP contribution in [0.2, 0.25) is 0 Å². The first-order chi connectivity index (χ1) is 7.67. The van der Waals surface area contributed by atoms with Gasteiger partial charge >= 0.3 is 0 Å². The molecule has 1 heterocycles. The van der Waals surface area contributed by atoms with E-state index in [0.717, 1.165) is 18.0 Å². The molecular formula is C14H30N2. The smallest absolute Gasteiger partial charge is 0.0195 e. The predicted molar refractivity (Wildman–Crippen MR) is 71.8 cm³/mol. The van der Waals surface area contributed by atoms with E-state index in [1.807, 2.05) is 0 Å². The van der Waals surface area contributed by atoms with Crippen LogP contribution in [-0.4, -0.2) is 36.6 Å². The van der Waals surface area contributed by atoms with Crippen molar-refractivity contribution in [3.05, 3.63) is 0 Å². The lowest BCUT2D eigenvalue weighted by Crippen LogP contribution is -2.44. The fourth-order valence-electron chi connectivity index (χ4n) is 2.84. The fourth-order valence-corrected chi connectivity index (χ4v) is 2.84. The van der Waals surface area contributed by atoms with E-state index in [2.05, 4.69) is 37.9 Å². The van der Waals surface area contributed by atoms with Gasteiger partial charge in [0.15, 0.2) is 0 Å². The summed E-state index contributed by atoms with van der Waals surface area (Å²) in [7, 11) is 0. The van der Waals surface area contributed by atoms with Gasteiger partial charge in [-0.3, -0.25) is 4.90 Å². The molecular weight excluding hydrogens is 196 g/mol. The molecule has 0 bridgehead atoms. The minimum Gasteiger partial charge on any atom is -0.313 e. The summed E-state index contributed by atoms with van der Waals surface area (Å²) in [5, 5.41) is 3.62. The van der Waals surface area contributed by atoms with Gasteiger partial charge < -0.3 is 5.32 Å². The first-order valence-corrected chi connectivity index (χ1v) is 7.14. The average molecular weight is 226 g/mol. The number of nitrogens with zero attached hydrogens (tertiary/aromatic N) is 1.